The largest absolute Gasteiger partial charge is 0.327 e. The second-order valence-electron chi connectivity index (χ2n) is 10.1. The zero-order valence-electron chi connectivity index (χ0n) is 21.7. The van der Waals surface area contributed by atoms with E-state index in [1.807, 2.05) is 6.20 Å². The molecule has 2 aliphatic heterocycles. The number of anilines is 4. The lowest BCUT2D eigenvalue weighted by molar-refractivity contribution is -0.658. The second-order valence-corrected chi connectivity index (χ2v) is 10.1. The summed E-state index contributed by atoms with van der Waals surface area (Å²) in [5, 5.41) is 0. The molecule has 0 N–H and O–H groups in total. The molecule has 3 heterocycles. The molecule has 0 saturated carbocycles. The van der Waals surface area contributed by atoms with Crippen LogP contribution >= 0.6 is 0 Å². The van der Waals surface area contributed by atoms with Crippen LogP contribution in [0, 0.1) is 5.41 Å². The van der Waals surface area contributed by atoms with E-state index >= 15 is 0 Å². The molecule has 0 saturated heterocycles. The molecule has 3 aromatic carbocycles. The van der Waals surface area contributed by atoms with E-state index < -0.39 is 0 Å². The van der Waals surface area contributed by atoms with E-state index in [0.29, 0.717) is 5.92 Å². The highest BCUT2D eigenvalue weighted by molar-refractivity contribution is 5.90. The van der Waals surface area contributed by atoms with Crippen LogP contribution in [-0.2, 0) is 7.05 Å². The number of benzene rings is 3. The smallest absolute Gasteiger partial charge is 0.278 e. The average Bonchev–Trinajstić information content (AvgIpc) is 3.30. The van der Waals surface area contributed by atoms with Crippen LogP contribution in [0.5, 0.6) is 0 Å². The van der Waals surface area contributed by atoms with Gasteiger partial charge in [0.2, 0.25) is 5.82 Å². The quantitative estimate of drug-likeness (QED) is 0.279. The molecule has 2 atom stereocenters. The Balaban J connectivity index is 1.69. The standard InChI is InChI=1S/C32H35N4/c1-5-26-25-18-12-14-20-28(25)35-29-30(34(4)22-21-33-29)36(31(35)32(26,6-2)7-3)27-19-13-11-17-24(27)23-15-9-8-10-16-23/h8-22,26,31H,5-7H2,1-4H3/q+1. The van der Waals surface area contributed by atoms with E-state index in [0.717, 1.165) is 30.9 Å². The van der Waals surface area contributed by atoms with E-state index in [-0.39, 0.29) is 11.6 Å². The van der Waals surface area contributed by atoms with Gasteiger partial charge in [-0.05, 0) is 48.4 Å². The topological polar surface area (TPSA) is 23.2 Å². The van der Waals surface area contributed by atoms with Crippen molar-refractivity contribution in [3.05, 3.63) is 96.8 Å². The maximum Gasteiger partial charge on any atom is 0.327 e. The van der Waals surface area contributed by atoms with Gasteiger partial charge in [0.25, 0.3) is 0 Å². The van der Waals surface area contributed by atoms with E-state index in [1.54, 1.807) is 0 Å². The van der Waals surface area contributed by atoms with Gasteiger partial charge in [0.15, 0.2) is 6.17 Å². The number of para-hydroxylation sites is 2. The molecule has 0 bridgehead atoms. The van der Waals surface area contributed by atoms with Crippen molar-refractivity contribution in [1.29, 1.82) is 0 Å². The van der Waals surface area contributed by atoms with Gasteiger partial charge in [-0.2, -0.15) is 0 Å². The Morgan fingerprint density at radius 1 is 0.806 bits per heavy atom. The van der Waals surface area contributed by atoms with Crippen LogP contribution in [0.2, 0.25) is 0 Å². The van der Waals surface area contributed by atoms with Gasteiger partial charge in [0.05, 0.1) is 18.9 Å². The highest BCUT2D eigenvalue weighted by atomic mass is 15.5. The van der Waals surface area contributed by atoms with Gasteiger partial charge < -0.3 is 0 Å². The Kier molecular flexibility index (Phi) is 5.55. The first-order valence-corrected chi connectivity index (χ1v) is 13.3. The normalized spacial score (nSPS) is 19.6. The summed E-state index contributed by atoms with van der Waals surface area (Å²) >= 11 is 0. The summed E-state index contributed by atoms with van der Waals surface area (Å²) in [6.45, 7) is 7.13. The molecular weight excluding hydrogens is 440 g/mol. The molecule has 36 heavy (non-hydrogen) atoms. The number of nitrogens with zero attached hydrogens (tertiary/aromatic N) is 4. The molecule has 0 aliphatic carbocycles. The van der Waals surface area contributed by atoms with Crippen LogP contribution in [0.25, 0.3) is 11.1 Å². The molecule has 0 fully saturated rings. The third-order valence-corrected chi connectivity index (χ3v) is 8.72. The zero-order valence-corrected chi connectivity index (χ0v) is 21.7. The summed E-state index contributed by atoms with van der Waals surface area (Å²) in [6, 6.07) is 28.7. The van der Waals surface area contributed by atoms with Gasteiger partial charge in [-0.1, -0.05) is 87.5 Å². The van der Waals surface area contributed by atoms with Crippen LogP contribution in [0.4, 0.5) is 23.0 Å². The first-order chi connectivity index (χ1) is 17.7. The lowest BCUT2D eigenvalue weighted by atomic mass is 9.62. The van der Waals surface area contributed by atoms with E-state index in [9.17, 15) is 0 Å². The van der Waals surface area contributed by atoms with Crippen LogP contribution in [-0.4, -0.2) is 11.1 Å². The lowest BCUT2D eigenvalue weighted by Crippen LogP contribution is -2.57. The number of rotatable bonds is 5. The van der Waals surface area contributed by atoms with Crippen molar-refractivity contribution in [2.24, 2.45) is 12.5 Å². The predicted molar refractivity (Wildman–Crippen MR) is 148 cm³/mol. The van der Waals surface area contributed by atoms with Gasteiger partial charge in [0.1, 0.15) is 11.9 Å². The summed E-state index contributed by atoms with van der Waals surface area (Å²) in [6.07, 6.45) is 7.47. The Labute approximate surface area is 214 Å². The maximum absolute atomic E-state index is 5.03. The van der Waals surface area contributed by atoms with Gasteiger partial charge in [-0.3, -0.25) is 4.90 Å². The maximum atomic E-state index is 5.03. The zero-order chi connectivity index (χ0) is 24.9. The Morgan fingerprint density at radius 3 is 2.19 bits per heavy atom. The number of aryl methyl sites for hydroxylation is 1. The predicted octanol–water partition coefficient (Wildman–Crippen LogP) is 7.50. The molecule has 4 nitrogen and oxygen atoms in total. The van der Waals surface area contributed by atoms with Crippen molar-refractivity contribution in [3.8, 4) is 11.1 Å². The van der Waals surface area contributed by atoms with Gasteiger partial charge in [0, 0.05) is 11.0 Å². The van der Waals surface area contributed by atoms with Crippen molar-refractivity contribution >= 4 is 23.0 Å². The van der Waals surface area contributed by atoms with E-state index in [4.69, 9.17) is 4.98 Å². The van der Waals surface area contributed by atoms with Gasteiger partial charge in [-0.25, -0.2) is 14.5 Å². The SMILES string of the molecule is CCC1c2ccccc2N2c3ncc[n+](C)c3N(c3ccccc3-c3ccccc3)C2C1(CC)CC. The number of hydrogen-bond acceptors (Lipinski definition) is 3. The number of aromatic nitrogens is 2. The third kappa shape index (κ3) is 3.06. The summed E-state index contributed by atoms with van der Waals surface area (Å²) in [5.41, 5.74) is 6.54. The molecule has 4 aromatic rings. The summed E-state index contributed by atoms with van der Waals surface area (Å²) in [7, 11) is 2.15. The average molecular weight is 476 g/mol. The van der Waals surface area contributed by atoms with Crippen molar-refractivity contribution in [2.45, 2.75) is 52.1 Å². The highest BCUT2D eigenvalue weighted by Gasteiger charge is 2.62. The van der Waals surface area contributed by atoms with Gasteiger partial charge in [-0.15, -0.1) is 0 Å². The summed E-state index contributed by atoms with van der Waals surface area (Å²) in [5.74, 6) is 2.67. The van der Waals surface area contributed by atoms with Crippen LogP contribution < -0.4 is 14.4 Å². The Bertz CT molecular complexity index is 1390. The van der Waals surface area contributed by atoms with Crippen molar-refractivity contribution in [1.82, 2.24) is 4.98 Å². The second kappa shape index (κ2) is 8.77. The fourth-order valence-electron chi connectivity index (χ4n) is 7.06. The number of hydrogen-bond donors (Lipinski definition) is 0. The lowest BCUT2D eigenvalue weighted by Gasteiger charge is -2.52. The molecule has 0 amide bonds. The molecule has 0 radical (unpaired) electrons. The molecule has 182 valence electrons. The van der Waals surface area contributed by atoms with Crippen molar-refractivity contribution in [3.63, 3.8) is 0 Å². The van der Waals surface area contributed by atoms with Crippen LogP contribution in [0.15, 0.2) is 91.3 Å². The first-order valence-electron chi connectivity index (χ1n) is 13.3. The fourth-order valence-corrected chi connectivity index (χ4v) is 7.06. The monoisotopic (exact) mass is 475 g/mol. The van der Waals surface area contributed by atoms with Crippen LogP contribution in [0.1, 0.15) is 51.5 Å². The first kappa shape index (κ1) is 22.8. The van der Waals surface area contributed by atoms with E-state index in [2.05, 4.69) is 127 Å². The molecule has 6 rings (SSSR count). The van der Waals surface area contributed by atoms with Crippen LogP contribution in [0.3, 0.4) is 0 Å². The highest BCUT2D eigenvalue weighted by Crippen LogP contribution is 2.62. The summed E-state index contributed by atoms with van der Waals surface area (Å²) < 4.78 is 2.25. The van der Waals surface area contributed by atoms with Crippen molar-refractivity contribution in [2.75, 3.05) is 9.80 Å². The molecule has 0 spiro atoms. The molecule has 2 unspecified atom stereocenters. The van der Waals surface area contributed by atoms with Crippen molar-refractivity contribution < 1.29 is 4.57 Å². The molecule has 1 aromatic heterocycles. The minimum Gasteiger partial charge on any atom is -0.278 e. The van der Waals surface area contributed by atoms with Gasteiger partial charge >= 0.3 is 5.82 Å². The molecule has 2 aliphatic rings. The minimum atomic E-state index is 0.0562. The molecule has 4 heteroatoms. The minimum absolute atomic E-state index is 0.0562. The Hall–Kier alpha value is -3.66. The summed E-state index contributed by atoms with van der Waals surface area (Å²) in [4.78, 5) is 10.2. The molecular formula is C32H35N4+. The van der Waals surface area contributed by atoms with E-state index in [1.165, 1.54) is 28.1 Å². The Morgan fingerprint density at radius 2 is 1.47 bits per heavy atom. The number of fused-ring (bicyclic) bond motifs is 5. The fraction of sp³-hybridized carbons (Fsp3) is 0.312. The third-order valence-electron chi connectivity index (χ3n) is 8.72.